The van der Waals surface area contributed by atoms with Crippen molar-refractivity contribution < 1.29 is 4.39 Å². The molecule has 7 nitrogen and oxygen atoms in total. The van der Waals surface area contributed by atoms with Gasteiger partial charge in [-0.05, 0) is 42.5 Å². The Balaban J connectivity index is 1.66. The molecule has 1 aromatic carbocycles. The number of anilines is 3. The average molecular weight is 399 g/mol. The summed E-state index contributed by atoms with van der Waals surface area (Å²) in [7, 11) is 0. The topological polar surface area (TPSA) is 113 Å². The molecule has 0 spiro atoms. The summed E-state index contributed by atoms with van der Waals surface area (Å²) >= 11 is 0. The lowest BCUT2D eigenvalue weighted by molar-refractivity contribution is 0.618. The summed E-state index contributed by atoms with van der Waals surface area (Å²) in [6.07, 6.45) is 3.36. The zero-order valence-corrected chi connectivity index (χ0v) is 15.9. The fourth-order valence-corrected chi connectivity index (χ4v) is 3.06. The standard InChI is InChI=1S/C22H18FN7/c23-17-11-15(12-24)21(28-16-6-7-18-14(10-16)4-3-9-26-18)30-22(17)29-20(13-25)19-5-1-2-8-27-19/h1-11,20H,13,25H2,(H2,28,29,30). The van der Waals surface area contributed by atoms with Gasteiger partial charge in [0.2, 0.25) is 0 Å². The zero-order chi connectivity index (χ0) is 20.9. The van der Waals surface area contributed by atoms with Gasteiger partial charge in [0.25, 0.3) is 0 Å². The lowest BCUT2D eigenvalue weighted by Gasteiger charge is -2.18. The van der Waals surface area contributed by atoms with Gasteiger partial charge in [-0.1, -0.05) is 12.1 Å². The molecule has 3 heterocycles. The summed E-state index contributed by atoms with van der Waals surface area (Å²) in [5.74, 6) is -0.421. The van der Waals surface area contributed by atoms with E-state index in [0.717, 1.165) is 17.0 Å². The van der Waals surface area contributed by atoms with E-state index in [4.69, 9.17) is 5.73 Å². The van der Waals surface area contributed by atoms with E-state index in [1.807, 2.05) is 42.5 Å². The fraction of sp³-hybridized carbons (Fsp3) is 0.0909. The van der Waals surface area contributed by atoms with Crippen LogP contribution in [0.4, 0.5) is 21.7 Å². The summed E-state index contributed by atoms with van der Waals surface area (Å²) in [6.45, 7) is 0.193. The van der Waals surface area contributed by atoms with Crippen LogP contribution in [0.3, 0.4) is 0 Å². The molecule has 8 heteroatoms. The van der Waals surface area contributed by atoms with Gasteiger partial charge in [0.05, 0.1) is 22.8 Å². The first kappa shape index (κ1) is 19.2. The van der Waals surface area contributed by atoms with Crippen LogP contribution in [0.25, 0.3) is 10.9 Å². The Morgan fingerprint density at radius 2 is 1.90 bits per heavy atom. The number of nitrogens with one attached hydrogen (secondary N) is 2. The lowest BCUT2D eigenvalue weighted by atomic mass is 10.1. The molecule has 0 saturated heterocycles. The van der Waals surface area contributed by atoms with Crippen LogP contribution in [0.5, 0.6) is 0 Å². The van der Waals surface area contributed by atoms with E-state index >= 15 is 0 Å². The average Bonchev–Trinajstić information content (AvgIpc) is 2.79. The molecule has 0 aliphatic carbocycles. The summed E-state index contributed by atoms with van der Waals surface area (Å²) in [6, 6.07) is 17.5. The van der Waals surface area contributed by atoms with Gasteiger partial charge in [0, 0.05) is 30.0 Å². The number of hydrogen-bond acceptors (Lipinski definition) is 7. The second kappa shape index (κ2) is 8.51. The largest absolute Gasteiger partial charge is 0.358 e. The highest BCUT2D eigenvalue weighted by molar-refractivity contribution is 5.83. The van der Waals surface area contributed by atoms with Gasteiger partial charge in [0.1, 0.15) is 6.07 Å². The minimum atomic E-state index is -0.644. The van der Waals surface area contributed by atoms with Crippen molar-refractivity contribution in [2.75, 3.05) is 17.2 Å². The Hall–Kier alpha value is -4.09. The molecule has 3 aromatic heterocycles. The van der Waals surface area contributed by atoms with E-state index in [1.54, 1.807) is 24.5 Å². The smallest absolute Gasteiger partial charge is 0.166 e. The number of rotatable bonds is 6. The summed E-state index contributed by atoms with van der Waals surface area (Å²) < 4.78 is 14.6. The van der Waals surface area contributed by atoms with Crippen LogP contribution in [0, 0.1) is 17.1 Å². The first-order chi connectivity index (χ1) is 14.7. The number of nitrogens with zero attached hydrogens (tertiary/aromatic N) is 4. The fourth-order valence-electron chi connectivity index (χ4n) is 3.06. The van der Waals surface area contributed by atoms with Gasteiger partial charge >= 0.3 is 0 Å². The van der Waals surface area contributed by atoms with Crippen LogP contribution in [0.1, 0.15) is 17.3 Å². The maximum absolute atomic E-state index is 14.6. The van der Waals surface area contributed by atoms with Crippen LogP contribution in [0.15, 0.2) is 67.0 Å². The predicted octanol–water partition coefficient (Wildman–Crippen LogP) is 3.89. The van der Waals surface area contributed by atoms with Crippen LogP contribution in [-0.4, -0.2) is 21.5 Å². The number of hydrogen-bond donors (Lipinski definition) is 3. The van der Waals surface area contributed by atoms with E-state index in [9.17, 15) is 9.65 Å². The molecule has 30 heavy (non-hydrogen) atoms. The Morgan fingerprint density at radius 1 is 1.03 bits per heavy atom. The maximum Gasteiger partial charge on any atom is 0.166 e. The lowest BCUT2D eigenvalue weighted by Crippen LogP contribution is -2.23. The molecule has 0 aliphatic heterocycles. The molecule has 0 radical (unpaired) electrons. The number of nitrogens with two attached hydrogens (primary N) is 1. The predicted molar refractivity (Wildman–Crippen MR) is 114 cm³/mol. The van der Waals surface area contributed by atoms with Crippen molar-refractivity contribution in [1.82, 2.24) is 15.0 Å². The third kappa shape index (κ3) is 4.01. The second-order valence-corrected chi connectivity index (χ2v) is 6.55. The van der Waals surface area contributed by atoms with Gasteiger partial charge in [-0.2, -0.15) is 5.26 Å². The maximum atomic E-state index is 14.6. The van der Waals surface area contributed by atoms with Crippen molar-refractivity contribution in [2.45, 2.75) is 6.04 Å². The molecule has 0 saturated carbocycles. The molecule has 148 valence electrons. The third-order valence-corrected chi connectivity index (χ3v) is 4.55. The number of aromatic nitrogens is 3. The molecule has 0 fully saturated rings. The van der Waals surface area contributed by atoms with Gasteiger partial charge < -0.3 is 16.4 Å². The minimum absolute atomic E-state index is 0.0138. The molecule has 0 aliphatic rings. The monoisotopic (exact) mass is 399 g/mol. The highest BCUT2D eigenvalue weighted by Crippen LogP contribution is 2.27. The molecular weight excluding hydrogens is 381 g/mol. The Bertz CT molecular complexity index is 1220. The molecule has 4 N–H and O–H groups in total. The van der Waals surface area contributed by atoms with Gasteiger partial charge in [-0.15, -0.1) is 0 Å². The molecule has 0 amide bonds. The second-order valence-electron chi connectivity index (χ2n) is 6.55. The number of pyridine rings is 3. The first-order valence-electron chi connectivity index (χ1n) is 9.28. The van der Waals surface area contributed by atoms with Crippen LogP contribution < -0.4 is 16.4 Å². The minimum Gasteiger partial charge on any atom is -0.358 e. The van der Waals surface area contributed by atoms with Crippen molar-refractivity contribution in [3.05, 3.63) is 84.1 Å². The first-order valence-corrected chi connectivity index (χ1v) is 9.28. The number of halogens is 1. The van der Waals surface area contributed by atoms with Crippen molar-refractivity contribution >= 4 is 28.2 Å². The number of nitriles is 1. The van der Waals surface area contributed by atoms with Crippen LogP contribution >= 0.6 is 0 Å². The van der Waals surface area contributed by atoms with E-state index < -0.39 is 11.9 Å². The van der Waals surface area contributed by atoms with E-state index in [2.05, 4.69) is 25.6 Å². The summed E-state index contributed by atoms with van der Waals surface area (Å²) in [4.78, 5) is 12.9. The van der Waals surface area contributed by atoms with E-state index in [1.165, 1.54) is 0 Å². The molecule has 1 unspecified atom stereocenters. The van der Waals surface area contributed by atoms with Crippen molar-refractivity contribution in [3.63, 3.8) is 0 Å². The van der Waals surface area contributed by atoms with E-state index in [-0.39, 0.29) is 23.7 Å². The Labute approximate surface area is 172 Å². The molecule has 1 atom stereocenters. The Kier molecular flexibility index (Phi) is 5.46. The summed E-state index contributed by atoms with van der Waals surface area (Å²) in [5, 5.41) is 16.4. The highest BCUT2D eigenvalue weighted by Gasteiger charge is 2.17. The normalized spacial score (nSPS) is 11.6. The SMILES string of the molecule is N#Cc1cc(F)c(NC(CN)c2ccccn2)nc1Nc1ccc2ncccc2c1. The molecule has 4 rings (SSSR count). The number of fused-ring (bicyclic) bond motifs is 1. The van der Waals surface area contributed by atoms with Gasteiger partial charge in [-0.25, -0.2) is 9.37 Å². The zero-order valence-electron chi connectivity index (χ0n) is 15.9. The van der Waals surface area contributed by atoms with Gasteiger partial charge in [0.15, 0.2) is 17.5 Å². The molecular formula is C22H18FN7. The quantitative estimate of drug-likeness (QED) is 0.451. The van der Waals surface area contributed by atoms with Crippen LogP contribution in [-0.2, 0) is 0 Å². The van der Waals surface area contributed by atoms with Crippen molar-refractivity contribution in [1.29, 1.82) is 5.26 Å². The van der Waals surface area contributed by atoms with Crippen LogP contribution in [0.2, 0.25) is 0 Å². The van der Waals surface area contributed by atoms with Crippen molar-refractivity contribution in [3.8, 4) is 6.07 Å². The number of benzene rings is 1. The molecule has 0 bridgehead atoms. The van der Waals surface area contributed by atoms with Gasteiger partial charge in [-0.3, -0.25) is 9.97 Å². The van der Waals surface area contributed by atoms with E-state index in [0.29, 0.717) is 11.4 Å². The van der Waals surface area contributed by atoms with Crippen molar-refractivity contribution in [2.24, 2.45) is 5.73 Å². The molecule has 4 aromatic rings. The third-order valence-electron chi connectivity index (χ3n) is 4.55. The Morgan fingerprint density at radius 3 is 2.67 bits per heavy atom. The highest BCUT2D eigenvalue weighted by atomic mass is 19.1. The summed E-state index contributed by atoms with van der Waals surface area (Å²) in [5.41, 5.74) is 8.16.